The largest absolute Gasteiger partial charge is 0.353 e. The van der Waals surface area contributed by atoms with E-state index in [0.717, 1.165) is 12.8 Å². The lowest BCUT2D eigenvalue weighted by molar-refractivity contribution is -0.220. The first kappa shape index (κ1) is 15.5. The molecule has 0 radical (unpaired) electrons. The average molecular weight is 301 g/mol. The van der Waals surface area contributed by atoms with Gasteiger partial charge in [-0.2, -0.15) is 5.26 Å². The molecule has 0 aromatic carbocycles. The highest BCUT2D eigenvalue weighted by Crippen LogP contribution is 2.63. The van der Waals surface area contributed by atoms with Crippen molar-refractivity contribution in [2.75, 3.05) is 6.61 Å². The third-order valence-electron chi connectivity index (χ3n) is 5.54. The van der Waals surface area contributed by atoms with Crippen LogP contribution in [0.2, 0.25) is 0 Å². The van der Waals surface area contributed by atoms with E-state index in [1.165, 1.54) is 5.57 Å². The van der Waals surface area contributed by atoms with Gasteiger partial charge in [-0.1, -0.05) is 18.2 Å². The van der Waals surface area contributed by atoms with E-state index in [1.807, 2.05) is 19.9 Å². The molecule has 5 atom stereocenters. The average Bonchev–Trinajstić information content (AvgIpc) is 2.73. The molecule has 0 amide bonds. The van der Waals surface area contributed by atoms with Crippen molar-refractivity contribution in [3.8, 4) is 6.07 Å². The third kappa shape index (κ3) is 2.24. The number of ether oxygens (including phenoxy) is 2. The van der Waals surface area contributed by atoms with Crippen molar-refractivity contribution in [1.29, 1.82) is 5.26 Å². The Balaban J connectivity index is 2.00. The number of ketones is 1. The predicted molar refractivity (Wildman–Crippen MR) is 81.7 cm³/mol. The van der Waals surface area contributed by atoms with Gasteiger partial charge in [-0.25, -0.2) is 0 Å². The molecular formula is C18H23NO3. The maximum atomic E-state index is 12.0. The van der Waals surface area contributed by atoms with Crippen molar-refractivity contribution < 1.29 is 14.3 Å². The van der Waals surface area contributed by atoms with Gasteiger partial charge in [-0.15, -0.1) is 0 Å². The second-order valence-electron chi connectivity index (χ2n) is 6.87. The zero-order valence-electron chi connectivity index (χ0n) is 13.3. The fourth-order valence-corrected chi connectivity index (χ4v) is 4.68. The molecule has 0 N–H and O–H groups in total. The zero-order valence-corrected chi connectivity index (χ0v) is 13.3. The van der Waals surface area contributed by atoms with Crippen LogP contribution in [0.3, 0.4) is 0 Å². The van der Waals surface area contributed by atoms with Crippen LogP contribution in [0.4, 0.5) is 0 Å². The van der Waals surface area contributed by atoms with Gasteiger partial charge < -0.3 is 9.47 Å². The Morgan fingerprint density at radius 3 is 3.00 bits per heavy atom. The minimum absolute atomic E-state index is 0.0823. The molecule has 0 aromatic heterocycles. The molecule has 0 saturated heterocycles. The summed E-state index contributed by atoms with van der Waals surface area (Å²) < 4.78 is 11.6. The number of rotatable bonds is 4. The van der Waals surface area contributed by atoms with E-state index in [1.54, 1.807) is 6.08 Å². The third-order valence-corrected chi connectivity index (χ3v) is 5.54. The lowest BCUT2D eigenvalue weighted by atomic mass is 9.57. The highest BCUT2D eigenvalue weighted by Gasteiger charge is 2.62. The molecule has 3 aliphatic carbocycles. The fourth-order valence-electron chi connectivity index (χ4n) is 4.68. The summed E-state index contributed by atoms with van der Waals surface area (Å²) in [6, 6.07) is 2.41. The van der Waals surface area contributed by atoms with Crippen LogP contribution in [0.25, 0.3) is 0 Å². The van der Waals surface area contributed by atoms with E-state index in [-0.39, 0.29) is 17.1 Å². The molecule has 1 unspecified atom stereocenters. The van der Waals surface area contributed by atoms with Crippen molar-refractivity contribution in [2.24, 2.45) is 17.3 Å². The second-order valence-corrected chi connectivity index (χ2v) is 6.87. The molecule has 4 nitrogen and oxygen atoms in total. The van der Waals surface area contributed by atoms with E-state index in [0.29, 0.717) is 25.4 Å². The summed E-state index contributed by atoms with van der Waals surface area (Å²) in [4.78, 5) is 12.0. The zero-order chi connectivity index (χ0) is 16.0. The molecule has 2 bridgehead atoms. The molecule has 22 heavy (non-hydrogen) atoms. The number of allylic oxidation sites excluding steroid dienone is 3. The maximum Gasteiger partial charge on any atom is 0.161 e. The molecule has 3 rings (SSSR count). The smallest absolute Gasteiger partial charge is 0.161 e. The van der Waals surface area contributed by atoms with Gasteiger partial charge in [0.2, 0.25) is 0 Å². The predicted octanol–water partition coefficient (Wildman–Crippen LogP) is 3.15. The van der Waals surface area contributed by atoms with Crippen LogP contribution in [0.15, 0.2) is 24.3 Å². The van der Waals surface area contributed by atoms with Crippen molar-refractivity contribution in [3.63, 3.8) is 0 Å². The Morgan fingerprint density at radius 1 is 1.55 bits per heavy atom. The van der Waals surface area contributed by atoms with Crippen LogP contribution in [0.1, 0.15) is 39.5 Å². The highest BCUT2D eigenvalue weighted by atomic mass is 16.7. The Bertz CT molecular complexity index is 575. The van der Waals surface area contributed by atoms with Crippen LogP contribution in [0.5, 0.6) is 0 Å². The SMILES string of the molecule is C=C1C[C@@]23C=CC(=O)C[C@@H]2[C@@](C#N)(OC(C)OCC)C[C@@H]1C3. The molecule has 1 spiro atoms. The van der Waals surface area contributed by atoms with E-state index in [9.17, 15) is 10.1 Å². The van der Waals surface area contributed by atoms with Crippen molar-refractivity contribution in [1.82, 2.24) is 0 Å². The van der Waals surface area contributed by atoms with Gasteiger partial charge in [0.05, 0.1) is 6.07 Å². The quantitative estimate of drug-likeness (QED) is 0.591. The van der Waals surface area contributed by atoms with Crippen molar-refractivity contribution in [2.45, 2.75) is 51.4 Å². The summed E-state index contributed by atoms with van der Waals surface area (Å²) in [6.45, 7) is 8.46. The van der Waals surface area contributed by atoms with Gasteiger partial charge in [0.15, 0.2) is 17.7 Å². The van der Waals surface area contributed by atoms with E-state index in [2.05, 4.69) is 12.6 Å². The Morgan fingerprint density at radius 2 is 2.32 bits per heavy atom. The summed E-state index contributed by atoms with van der Waals surface area (Å²) in [6.07, 6.45) is 6.10. The normalized spacial score (nSPS) is 41.1. The van der Waals surface area contributed by atoms with Crippen LogP contribution in [-0.2, 0) is 14.3 Å². The summed E-state index contributed by atoms with van der Waals surface area (Å²) in [5, 5.41) is 9.93. The molecule has 118 valence electrons. The number of nitriles is 1. The number of carbonyl (C=O) groups is 1. The Kier molecular flexibility index (Phi) is 3.74. The van der Waals surface area contributed by atoms with E-state index < -0.39 is 11.9 Å². The number of nitrogens with zero attached hydrogens (tertiary/aromatic N) is 1. The van der Waals surface area contributed by atoms with Crippen LogP contribution in [0, 0.1) is 28.6 Å². The molecule has 3 aliphatic rings. The molecule has 2 saturated carbocycles. The van der Waals surface area contributed by atoms with Crippen molar-refractivity contribution >= 4 is 5.78 Å². The lowest BCUT2D eigenvalue weighted by Crippen LogP contribution is -2.54. The first-order valence-corrected chi connectivity index (χ1v) is 8.05. The van der Waals surface area contributed by atoms with E-state index >= 15 is 0 Å². The van der Waals surface area contributed by atoms with Crippen LogP contribution in [-0.4, -0.2) is 24.3 Å². The second kappa shape index (κ2) is 5.33. The Labute approximate surface area is 131 Å². The van der Waals surface area contributed by atoms with Gasteiger partial charge in [0.25, 0.3) is 0 Å². The molecule has 4 heteroatoms. The summed E-state index contributed by atoms with van der Waals surface area (Å²) >= 11 is 0. The molecule has 0 aliphatic heterocycles. The van der Waals surface area contributed by atoms with E-state index in [4.69, 9.17) is 9.47 Å². The summed E-state index contributed by atoms with van der Waals surface area (Å²) in [5.41, 5.74) is 0.0845. The lowest BCUT2D eigenvalue weighted by Gasteiger charge is -2.50. The minimum atomic E-state index is -0.961. The molecule has 0 aromatic rings. The van der Waals surface area contributed by atoms with Gasteiger partial charge in [0, 0.05) is 18.9 Å². The first-order valence-electron chi connectivity index (χ1n) is 8.05. The summed E-state index contributed by atoms with van der Waals surface area (Å²) in [7, 11) is 0. The van der Waals surface area contributed by atoms with Gasteiger partial charge in [-0.05, 0) is 50.5 Å². The fraction of sp³-hybridized carbons (Fsp3) is 0.667. The number of hydrogen-bond acceptors (Lipinski definition) is 4. The van der Waals surface area contributed by atoms with Gasteiger partial charge >= 0.3 is 0 Å². The maximum absolute atomic E-state index is 12.0. The molecule has 0 heterocycles. The Hall–Kier alpha value is -1.44. The van der Waals surface area contributed by atoms with Crippen LogP contribution >= 0.6 is 0 Å². The minimum Gasteiger partial charge on any atom is -0.353 e. The van der Waals surface area contributed by atoms with Crippen molar-refractivity contribution in [3.05, 3.63) is 24.3 Å². The van der Waals surface area contributed by atoms with Gasteiger partial charge in [-0.3, -0.25) is 4.79 Å². The van der Waals surface area contributed by atoms with Gasteiger partial charge in [0.1, 0.15) is 0 Å². The summed E-state index contributed by atoms with van der Waals surface area (Å²) in [5.74, 6) is 0.266. The highest BCUT2D eigenvalue weighted by molar-refractivity contribution is 5.91. The monoisotopic (exact) mass is 301 g/mol. The molecule has 2 fully saturated rings. The molecular weight excluding hydrogens is 278 g/mol. The number of hydrogen-bond donors (Lipinski definition) is 0. The first-order chi connectivity index (χ1) is 10.4. The number of fused-ring (bicyclic) bond motifs is 1. The van der Waals surface area contributed by atoms with Crippen LogP contribution < -0.4 is 0 Å². The number of carbonyl (C=O) groups excluding carboxylic acids is 1. The topological polar surface area (TPSA) is 59.3 Å². The standard InChI is InChI=1S/C18H23NO3/c1-4-21-13(3)22-18(11-19)10-14-9-17(8-12(14)2)6-5-15(20)7-16(17)18/h5-6,13-14,16H,2,4,7-10H2,1,3H3/t13?,14-,16-,17+,18+/m0/s1.